The molecule has 0 bridgehead atoms. The molecule has 2 N–H and O–H groups in total. The number of rotatable bonds is 8. The van der Waals surface area contributed by atoms with Gasteiger partial charge in [0.05, 0.1) is 16.5 Å². The van der Waals surface area contributed by atoms with Crippen LogP contribution in [0.1, 0.15) is 51.7 Å². The molecule has 9 heteroatoms. The lowest BCUT2D eigenvalue weighted by molar-refractivity contribution is 0.570. The largest absolute Gasteiger partial charge is 0.357 e. The lowest BCUT2D eigenvalue weighted by atomic mass is 9.93. The Morgan fingerprint density at radius 2 is 2.04 bits per heavy atom. The fourth-order valence-electron chi connectivity index (χ4n) is 2.05. The number of halogens is 1. The minimum Gasteiger partial charge on any atom is -0.357 e. The molecule has 1 aromatic heterocycles. The fourth-order valence-corrected chi connectivity index (χ4v) is 3.85. The summed E-state index contributed by atoms with van der Waals surface area (Å²) in [6, 6.07) is 0.0416. The van der Waals surface area contributed by atoms with Crippen molar-refractivity contribution in [2.24, 2.45) is 4.99 Å². The molecule has 1 atom stereocenters. The predicted molar refractivity (Wildman–Crippen MR) is 123 cm³/mol. The van der Waals surface area contributed by atoms with E-state index in [4.69, 9.17) is 0 Å². The molecular formula is C17H33IN4O2S2. The van der Waals surface area contributed by atoms with E-state index in [0.29, 0.717) is 13.0 Å². The van der Waals surface area contributed by atoms with Crippen molar-refractivity contribution in [3.63, 3.8) is 0 Å². The van der Waals surface area contributed by atoms with Gasteiger partial charge in [0.2, 0.25) is 0 Å². The zero-order valence-electron chi connectivity index (χ0n) is 16.6. The Balaban J connectivity index is 0.00000625. The molecule has 0 saturated carbocycles. The highest BCUT2D eigenvalue weighted by Gasteiger charge is 2.17. The molecule has 0 amide bonds. The second kappa shape index (κ2) is 11.4. The van der Waals surface area contributed by atoms with Crippen molar-refractivity contribution in [2.45, 2.75) is 58.9 Å². The van der Waals surface area contributed by atoms with E-state index >= 15 is 0 Å². The molecule has 0 aromatic carbocycles. The Morgan fingerprint density at radius 3 is 2.54 bits per heavy atom. The number of nitrogens with one attached hydrogen (secondary N) is 2. The molecule has 0 spiro atoms. The maximum absolute atomic E-state index is 11.3. The normalized spacial score (nSPS) is 13.8. The molecule has 1 rings (SSSR count). The van der Waals surface area contributed by atoms with Gasteiger partial charge in [0.25, 0.3) is 0 Å². The summed E-state index contributed by atoms with van der Waals surface area (Å²) in [6.07, 6.45) is 2.62. The smallest absolute Gasteiger partial charge is 0.191 e. The first-order valence-corrected chi connectivity index (χ1v) is 11.6. The fraction of sp³-hybridized carbons (Fsp3) is 0.765. The standard InChI is InChI=1S/C17H32N4O2S2.HI/c1-7-18-16(20-13(2)9-11-25(6,22)23)19-10-8-15-21-14(12-24-15)17(3,4)5;/h12-13H,7-11H2,1-6H3,(H2,18,19,20);1H. The summed E-state index contributed by atoms with van der Waals surface area (Å²) in [4.78, 5) is 9.26. The SMILES string of the molecule is CCNC(=NCCc1nc(C(C)(C)C)cs1)NC(C)CCS(C)(=O)=O.I. The van der Waals surface area contributed by atoms with Crippen LogP contribution in [0.4, 0.5) is 0 Å². The van der Waals surface area contributed by atoms with E-state index < -0.39 is 9.84 Å². The highest BCUT2D eigenvalue weighted by Crippen LogP contribution is 2.23. The van der Waals surface area contributed by atoms with Gasteiger partial charge in [-0.05, 0) is 20.3 Å². The van der Waals surface area contributed by atoms with Gasteiger partial charge in [0.15, 0.2) is 5.96 Å². The Hall–Kier alpha value is -0.420. The van der Waals surface area contributed by atoms with Gasteiger partial charge in [-0.15, -0.1) is 35.3 Å². The molecule has 152 valence electrons. The van der Waals surface area contributed by atoms with Gasteiger partial charge in [0, 0.05) is 42.6 Å². The van der Waals surface area contributed by atoms with Crippen molar-refractivity contribution in [1.29, 1.82) is 0 Å². The number of guanidine groups is 1. The van der Waals surface area contributed by atoms with Crippen LogP contribution >= 0.6 is 35.3 Å². The van der Waals surface area contributed by atoms with Crippen molar-refractivity contribution in [3.8, 4) is 0 Å². The lowest BCUT2D eigenvalue weighted by Gasteiger charge is -2.17. The van der Waals surface area contributed by atoms with Gasteiger partial charge in [-0.2, -0.15) is 0 Å². The van der Waals surface area contributed by atoms with E-state index in [1.165, 1.54) is 6.26 Å². The molecule has 0 radical (unpaired) electrons. The second-order valence-electron chi connectivity index (χ2n) is 7.35. The zero-order chi connectivity index (χ0) is 19.1. The number of thiazole rings is 1. The van der Waals surface area contributed by atoms with E-state index in [2.05, 4.69) is 46.8 Å². The van der Waals surface area contributed by atoms with Gasteiger partial charge in [-0.1, -0.05) is 20.8 Å². The quantitative estimate of drug-likeness (QED) is 0.316. The van der Waals surface area contributed by atoms with E-state index in [1.807, 2.05) is 13.8 Å². The molecule has 6 nitrogen and oxygen atoms in total. The molecule has 26 heavy (non-hydrogen) atoms. The lowest BCUT2D eigenvalue weighted by Crippen LogP contribution is -2.43. The first kappa shape index (κ1) is 25.6. The summed E-state index contributed by atoms with van der Waals surface area (Å²) in [6.45, 7) is 11.9. The van der Waals surface area contributed by atoms with Crippen LogP contribution < -0.4 is 10.6 Å². The Morgan fingerprint density at radius 1 is 1.38 bits per heavy atom. The van der Waals surface area contributed by atoms with Crippen LogP contribution in [0.3, 0.4) is 0 Å². The molecule has 0 fully saturated rings. The van der Waals surface area contributed by atoms with Gasteiger partial charge in [0.1, 0.15) is 9.84 Å². The van der Waals surface area contributed by atoms with Crippen molar-refractivity contribution in [2.75, 3.05) is 25.1 Å². The number of nitrogens with zero attached hydrogens (tertiary/aromatic N) is 2. The van der Waals surface area contributed by atoms with E-state index in [1.54, 1.807) is 11.3 Å². The van der Waals surface area contributed by atoms with Crippen molar-refractivity contribution < 1.29 is 8.42 Å². The first-order chi connectivity index (χ1) is 11.5. The van der Waals surface area contributed by atoms with Gasteiger partial charge in [-0.3, -0.25) is 4.99 Å². The maximum Gasteiger partial charge on any atom is 0.191 e. The molecule has 1 unspecified atom stereocenters. The van der Waals surface area contributed by atoms with Crippen LogP contribution in [0.25, 0.3) is 0 Å². The molecule has 0 aliphatic heterocycles. The van der Waals surface area contributed by atoms with Crippen molar-refractivity contribution in [1.82, 2.24) is 15.6 Å². The summed E-state index contributed by atoms with van der Waals surface area (Å²) in [7, 11) is -2.94. The summed E-state index contributed by atoms with van der Waals surface area (Å²) < 4.78 is 22.5. The molecule has 0 aliphatic carbocycles. The number of hydrogen-bond donors (Lipinski definition) is 2. The average Bonchev–Trinajstić information content (AvgIpc) is 2.93. The van der Waals surface area contributed by atoms with Gasteiger partial charge < -0.3 is 10.6 Å². The monoisotopic (exact) mass is 516 g/mol. The van der Waals surface area contributed by atoms with Crippen molar-refractivity contribution in [3.05, 3.63) is 16.1 Å². The zero-order valence-corrected chi connectivity index (χ0v) is 20.6. The van der Waals surface area contributed by atoms with Crippen LogP contribution in [0.2, 0.25) is 0 Å². The van der Waals surface area contributed by atoms with Crippen LogP contribution in [0.15, 0.2) is 10.4 Å². The number of aromatic nitrogens is 1. The molecular weight excluding hydrogens is 483 g/mol. The third kappa shape index (κ3) is 10.7. The summed E-state index contributed by atoms with van der Waals surface area (Å²) in [5.74, 6) is 0.894. The highest BCUT2D eigenvalue weighted by molar-refractivity contribution is 14.0. The van der Waals surface area contributed by atoms with E-state index in [9.17, 15) is 8.42 Å². The van der Waals surface area contributed by atoms with E-state index in [-0.39, 0.29) is 41.2 Å². The molecule has 0 saturated heterocycles. The third-order valence-corrected chi connectivity index (χ3v) is 5.45. The van der Waals surface area contributed by atoms with Crippen LogP contribution in [0, 0.1) is 0 Å². The van der Waals surface area contributed by atoms with Crippen LogP contribution in [0.5, 0.6) is 0 Å². The van der Waals surface area contributed by atoms with E-state index in [0.717, 1.165) is 29.6 Å². The topological polar surface area (TPSA) is 83.4 Å². The molecule has 1 aromatic rings. The minimum atomic E-state index is -2.94. The number of sulfone groups is 1. The third-order valence-electron chi connectivity index (χ3n) is 3.56. The molecule has 0 aliphatic rings. The summed E-state index contributed by atoms with van der Waals surface area (Å²) >= 11 is 1.68. The minimum absolute atomic E-state index is 0. The summed E-state index contributed by atoms with van der Waals surface area (Å²) in [5.41, 5.74) is 1.19. The second-order valence-corrected chi connectivity index (χ2v) is 10.6. The van der Waals surface area contributed by atoms with Crippen LogP contribution in [-0.2, 0) is 21.7 Å². The van der Waals surface area contributed by atoms with Crippen molar-refractivity contribution >= 4 is 51.1 Å². The number of aliphatic imine (C=N–C) groups is 1. The predicted octanol–water partition coefficient (Wildman–Crippen LogP) is 2.98. The first-order valence-electron chi connectivity index (χ1n) is 8.68. The average molecular weight is 517 g/mol. The highest BCUT2D eigenvalue weighted by atomic mass is 127. The number of hydrogen-bond acceptors (Lipinski definition) is 5. The van der Waals surface area contributed by atoms with Gasteiger partial charge in [-0.25, -0.2) is 13.4 Å². The Labute approximate surface area is 179 Å². The van der Waals surface area contributed by atoms with Crippen LogP contribution in [-0.4, -0.2) is 50.5 Å². The maximum atomic E-state index is 11.3. The Kier molecular flexibility index (Phi) is 11.2. The summed E-state index contributed by atoms with van der Waals surface area (Å²) in [5, 5.41) is 9.68. The Bertz CT molecular complexity index is 667. The molecule has 1 heterocycles. The van der Waals surface area contributed by atoms with Gasteiger partial charge >= 0.3 is 0 Å².